The Labute approximate surface area is 317 Å². The summed E-state index contributed by atoms with van der Waals surface area (Å²) < 4.78 is 0. The zero-order valence-corrected chi connectivity index (χ0v) is 30.4. The molecule has 11 rings (SSSR count). The fraction of sp³-hybridized carbons (Fsp3) is 0.0625. The molecule has 3 nitrogen and oxygen atoms in total. The lowest BCUT2D eigenvalue weighted by molar-refractivity contribution is 0.792. The van der Waals surface area contributed by atoms with Gasteiger partial charge in [0.05, 0.1) is 32.5 Å². The number of nitrogens with zero attached hydrogens (tertiary/aromatic N) is 3. The molecule has 0 saturated carbocycles. The van der Waals surface area contributed by atoms with E-state index in [0.29, 0.717) is 0 Å². The van der Waals surface area contributed by atoms with Gasteiger partial charge < -0.3 is 9.80 Å². The highest BCUT2D eigenvalue weighted by molar-refractivity contribution is 7.14. The predicted molar refractivity (Wildman–Crippen MR) is 224 cm³/mol. The van der Waals surface area contributed by atoms with Gasteiger partial charge in [-0.3, -0.25) is 4.99 Å². The van der Waals surface area contributed by atoms with E-state index in [0.717, 1.165) is 29.9 Å². The van der Waals surface area contributed by atoms with Crippen LogP contribution in [0.3, 0.4) is 0 Å². The van der Waals surface area contributed by atoms with Crippen molar-refractivity contribution in [1.29, 1.82) is 0 Å². The average Bonchev–Trinajstić information content (AvgIpc) is 4.04. The van der Waals surface area contributed by atoms with Crippen molar-refractivity contribution in [3.63, 3.8) is 0 Å². The normalized spacial score (nSPS) is 14.0. The first-order valence-corrected chi connectivity index (χ1v) is 19.9. The number of hydrogen-bond acceptors (Lipinski definition) is 5. The fourth-order valence-electron chi connectivity index (χ4n) is 9.19. The van der Waals surface area contributed by atoms with Gasteiger partial charge in [-0.2, -0.15) is 0 Å². The van der Waals surface area contributed by atoms with E-state index in [2.05, 4.69) is 185 Å². The SMILES string of the molecule is C1=Nc2c(c(N(c3ccccc3)c3cccs3)cc3c2-c2cccc(N(c4ccccc4)c4cccs4)c2C32c3ccccc3-c3ccccc32)CC1. The third-order valence-corrected chi connectivity index (χ3v) is 12.8. The van der Waals surface area contributed by atoms with Crippen LogP contribution in [0.1, 0.15) is 34.2 Å². The van der Waals surface area contributed by atoms with E-state index >= 15 is 0 Å². The second-order valence-electron chi connectivity index (χ2n) is 13.8. The number of thiophene rings is 2. The molecule has 0 bridgehead atoms. The first kappa shape index (κ1) is 30.6. The molecule has 3 heterocycles. The Balaban J connectivity index is 1.31. The summed E-state index contributed by atoms with van der Waals surface area (Å²) in [5.74, 6) is 0. The standard InChI is InChI=1S/C48H33N3S2/c1-3-15-32(16-4-1)50(43-26-13-29-52-43)41-25-11-21-37-45-40(48(46(37)41)38-23-9-7-19-34(38)35-20-8-10-24-39(35)48)31-42(36-22-12-28-49-47(36)45)51(44-27-14-30-53-44)33-17-5-2-6-18-33/h1-11,13-21,23-31H,12,22H2. The van der Waals surface area contributed by atoms with E-state index < -0.39 is 5.41 Å². The van der Waals surface area contributed by atoms with Gasteiger partial charge in [-0.15, -0.1) is 22.7 Å². The molecule has 2 aromatic heterocycles. The lowest BCUT2D eigenvalue weighted by Gasteiger charge is -2.36. The molecule has 5 heteroatoms. The monoisotopic (exact) mass is 715 g/mol. The zero-order valence-electron chi connectivity index (χ0n) is 28.8. The molecular formula is C48H33N3S2. The van der Waals surface area contributed by atoms with Crippen LogP contribution in [0.25, 0.3) is 22.3 Å². The second-order valence-corrected chi connectivity index (χ2v) is 15.6. The maximum absolute atomic E-state index is 5.37. The van der Waals surface area contributed by atoms with Gasteiger partial charge in [-0.05, 0) is 118 Å². The molecule has 0 fully saturated rings. The molecule has 0 unspecified atom stereocenters. The van der Waals surface area contributed by atoms with Gasteiger partial charge in [0.2, 0.25) is 0 Å². The summed E-state index contributed by atoms with van der Waals surface area (Å²) in [6.07, 6.45) is 3.98. The van der Waals surface area contributed by atoms with Crippen molar-refractivity contribution in [1.82, 2.24) is 0 Å². The van der Waals surface area contributed by atoms with Gasteiger partial charge in [-0.25, -0.2) is 0 Å². The number of anilines is 6. The summed E-state index contributed by atoms with van der Waals surface area (Å²) in [7, 11) is 0. The average molecular weight is 716 g/mol. The maximum Gasteiger partial charge on any atom is 0.0999 e. The van der Waals surface area contributed by atoms with Gasteiger partial charge >= 0.3 is 0 Å². The van der Waals surface area contributed by atoms with Crippen LogP contribution in [-0.2, 0) is 11.8 Å². The van der Waals surface area contributed by atoms with E-state index in [1.807, 2.05) is 0 Å². The molecule has 0 radical (unpaired) electrons. The van der Waals surface area contributed by atoms with E-state index in [-0.39, 0.29) is 0 Å². The molecule has 0 atom stereocenters. The molecule has 0 amide bonds. The minimum atomic E-state index is -0.590. The van der Waals surface area contributed by atoms with E-state index in [1.54, 1.807) is 22.7 Å². The van der Waals surface area contributed by atoms with Crippen molar-refractivity contribution in [2.75, 3.05) is 9.80 Å². The van der Waals surface area contributed by atoms with Gasteiger partial charge in [0, 0.05) is 34.3 Å². The summed E-state index contributed by atoms with van der Waals surface area (Å²) >= 11 is 3.55. The molecule has 3 aliphatic rings. The molecular weight excluding hydrogens is 683 g/mol. The Kier molecular flexibility index (Phi) is 6.94. The Morgan fingerprint density at radius 3 is 1.68 bits per heavy atom. The minimum Gasteiger partial charge on any atom is -0.302 e. The highest BCUT2D eigenvalue weighted by Crippen LogP contribution is 2.68. The molecule has 8 aromatic rings. The molecule has 53 heavy (non-hydrogen) atoms. The third kappa shape index (κ3) is 4.35. The number of benzene rings is 6. The number of rotatable bonds is 6. The van der Waals surface area contributed by atoms with Crippen LogP contribution in [0.5, 0.6) is 0 Å². The van der Waals surface area contributed by atoms with E-state index in [9.17, 15) is 0 Å². The summed E-state index contributed by atoms with van der Waals surface area (Å²) in [6, 6.07) is 58.2. The molecule has 1 spiro atoms. The number of aliphatic imine (C=N–C) groups is 1. The number of hydrogen-bond donors (Lipinski definition) is 0. The Hall–Kier alpha value is -6.01. The third-order valence-electron chi connectivity index (χ3n) is 11.1. The minimum absolute atomic E-state index is 0.590. The second kappa shape index (κ2) is 12.0. The Morgan fingerprint density at radius 1 is 0.509 bits per heavy atom. The maximum atomic E-state index is 5.37. The molecule has 1 aliphatic heterocycles. The Morgan fingerprint density at radius 2 is 1.08 bits per heavy atom. The first-order chi connectivity index (χ1) is 26.3. The van der Waals surface area contributed by atoms with Crippen LogP contribution in [-0.4, -0.2) is 6.21 Å². The van der Waals surface area contributed by atoms with E-state index in [4.69, 9.17) is 4.99 Å². The van der Waals surface area contributed by atoms with Crippen molar-refractivity contribution in [3.8, 4) is 22.3 Å². The van der Waals surface area contributed by atoms with Crippen LogP contribution in [0, 0.1) is 0 Å². The lowest BCUT2D eigenvalue weighted by atomic mass is 9.69. The zero-order chi connectivity index (χ0) is 34.9. The fourth-order valence-corrected chi connectivity index (χ4v) is 10.7. The first-order valence-electron chi connectivity index (χ1n) is 18.2. The molecule has 2 aliphatic carbocycles. The predicted octanol–water partition coefficient (Wildman–Crippen LogP) is 13.7. The molecule has 252 valence electrons. The highest BCUT2D eigenvalue weighted by Gasteiger charge is 2.55. The van der Waals surface area contributed by atoms with Gasteiger partial charge in [0.15, 0.2) is 0 Å². The number of fused-ring (bicyclic) bond motifs is 12. The highest BCUT2D eigenvalue weighted by atomic mass is 32.1. The number of para-hydroxylation sites is 2. The van der Waals surface area contributed by atoms with E-state index in [1.165, 1.54) is 71.4 Å². The van der Waals surface area contributed by atoms with Crippen molar-refractivity contribution in [3.05, 3.63) is 196 Å². The van der Waals surface area contributed by atoms with Crippen molar-refractivity contribution < 1.29 is 0 Å². The van der Waals surface area contributed by atoms with Gasteiger partial charge in [0.25, 0.3) is 0 Å². The Bertz CT molecular complexity index is 2630. The quantitative estimate of drug-likeness (QED) is 0.171. The molecule has 0 saturated heterocycles. The van der Waals surface area contributed by atoms with Gasteiger partial charge in [-0.1, -0.05) is 97.1 Å². The summed E-state index contributed by atoms with van der Waals surface area (Å²) in [5.41, 5.74) is 16.8. The van der Waals surface area contributed by atoms with Crippen LogP contribution in [0.15, 0.2) is 173 Å². The van der Waals surface area contributed by atoms with Crippen LogP contribution in [0.4, 0.5) is 38.4 Å². The van der Waals surface area contributed by atoms with Gasteiger partial charge in [0.1, 0.15) is 0 Å². The summed E-state index contributed by atoms with van der Waals surface area (Å²) in [4.78, 5) is 10.3. The summed E-state index contributed by atoms with van der Waals surface area (Å²) in [5, 5.41) is 6.74. The van der Waals surface area contributed by atoms with Crippen LogP contribution < -0.4 is 9.80 Å². The smallest absolute Gasteiger partial charge is 0.0999 e. The summed E-state index contributed by atoms with van der Waals surface area (Å²) in [6.45, 7) is 0. The van der Waals surface area contributed by atoms with Crippen LogP contribution >= 0.6 is 22.7 Å². The largest absolute Gasteiger partial charge is 0.302 e. The lowest BCUT2D eigenvalue weighted by Crippen LogP contribution is -2.28. The van der Waals surface area contributed by atoms with Crippen LogP contribution in [0.2, 0.25) is 0 Å². The molecule has 6 aromatic carbocycles. The topological polar surface area (TPSA) is 18.8 Å². The van der Waals surface area contributed by atoms with Crippen molar-refractivity contribution in [2.45, 2.75) is 18.3 Å². The van der Waals surface area contributed by atoms with Crippen molar-refractivity contribution >= 4 is 67.3 Å². The molecule has 0 N–H and O–H groups in total. The van der Waals surface area contributed by atoms with Crippen molar-refractivity contribution in [2.24, 2.45) is 4.99 Å².